The number of halogens is 1. The molecule has 0 atom stereocenters. The van der Waals surface area contributed by atoms with Crippen LogP contribution in [0.15, 0.2) is 54.6 Å². The summed E-state index contributed by atoms with van der Waals surface area (Å²) in [4.78, 5) is 0. The molecule has 0 bridgehead atoms. The minimum Gasteiger partial charge on any atom is -1.00 e. The third-order valence-corrected chi connectivity index (χ3v) is 3.53. The molecule has 0 radical (unpaired) electrons. The highest BCUT2D eigenvalue weighted by Crippen LogP contribution is 2.19. The Morgan fingerprint density at radius 3 is 2.11 bits per heavy atom. The van der Waals surface area contributed by atoms with Gasteiger partial charge in [0.15, 0.2) is 0 Å². The Morgan fingerprint density at radius 1 is 0.895 bits per heavy atom. The number of rotatable bonds is 4. The molecule has 19 heavy (non-hydrogen) atoms. The van der Waals surface area contributed by atoms with Crippen molar-refractivity contribution in [2.45, 2.75) is 32.9 Å². The fourth-order valence-corrected chi connectivity index (χ4v) is 2.39. The molecular weight excluding hydrogens is 254 g/mol. The first-order chi connectivity index (χ1) is 8.59. The second-order valence-electron chi connectivity index (χ2n) is 5.43. The number of benzene rings is 2. The molecule has 0 amide bonds. The fourth-order valence-electron chi connectivity index (χ4n) is 2.39. The summed E-state index contributed by atoms with van der Waals surface area (Å²) >= 11 is 0. The van der Waals surface area contributed by atoms with Gasteiger partial charge in [-0.05, 0) is 26.3 Å². The van der Waals surface area contributed by atoms with Crippen LogP contribution in [0.1, 0.15) is 30.5 Å². The first-order valence-corrected chi connectivity index (χ1v) is 6.54. The van der Waals surface area contributed by atoms with Crippen LogP contribution in [-0.2, 0) is 12.1 Å². The zero-order chi connectivity index (χ0) is 13.0. The molecule has 2 aromatic rings. The second kappa shape index (κ2) is 6.74. The smallest absolute Gasteiger partial charge is 0.116 e. The highest BCUT2D eigenvalue weighted by Gasteiger charge is 2.25. The molecule has 2 aromatic carbocycles. The molecule has 1 nitrogen and oxygen atoms in total. The van der Waals surface area contributed by atoms with Crippen LogP contribution >= 0.6 is 0 Å². The van der Waals surface area contributed by atoms with E-state index in [1.807, 2.05) is 0 Å². The number of quaternary nitrogens is 1. The maximum atomic E-state index is 2.41. The summed E-state index contributed by atoms with van der Waals surface area (Å²) in [6, 6.07) is 19.3. The van der Waals surface area contributed by atoms with Crippen molar-refractivity contribution in [3.8, 4) is 0 Å². The second-order valence-corrected chi connectivity index (χ2v) is 5.43. The molecule has 0 aromatic heterocycles. The molecule has 0 fully saturated rings. The van der Waals surface area contributed by atoms with Gasteiger partial charge in [-0.2, -0.15) is 0 Å². The van der Waals surface area contributed by atoms with Crippen LogP contribution in [0.4, 0.5) is 0 Å². The van der Waals surface area contributed by atoms with Gasteiger partial charge >= 0.3 is 0 Å². The highest BCUT2D eigenvalue weighted by atomic mass is 35.5. The molecule has 2 N–H and O–H groups in total. The van der Waals surface area contributed by atoms with E-state index in [2.05, 4.69) is 80.7 Å². The molecule has 0 spiro atoms. The first kappa shape index (κ1) is 15.7. The van der Waals surface area contributed by atoms with Crippen molar-refractivity contribution in [1.82, 2.24) is 0 Å². The van der Waals surface area contributed by atoms with E-state index in [1.54, 1.807) is 0 Å². The predicted octanol–water partition coefficient (Wildman–Crippen LogP) is -0.00228. The van der Waals surface area contributed by atoms with Crippen molar-refractivity contribution in [3.63, 3.8) is 0 Å². The van der Waals surface area contributed by atoms with Crippen LogP contribution in [0, 0.1) is 6.92 Å². The Bertz CT molecular complexity index is 506. The van der Waals surface area contributed by atoms with Crippen LogP contribution in [0.2, 0.25) is 0 Å². The summed E-state index contributed by atoms with van der Waals surface area (Å²) in [5.41, 5.74) is 4.27. The van der Waals surface area contributed by atoms with Gasteiger partial charge in [0.25, 0.3) is 0 Å². The lowest BCUT2D eigenvalue weighted by atomic mass is 9.90. The van der Waals surface area contributed by atoms with E-state index in [-0.39, 0.29) is 17.9 Å². The van der Waals surface area contributed by atoms with Crippen molar-refractivity contribution in [2.75, 3.05) is 0 Å². The number of aryl methyl sites for hydroxylation is 1. The minimum absolute atomic E-state index is 0. The molecule has 0 heterocycles. The molecule has 0 unspecified atom stereocenters. The van der Waals surface area contributed by atoms with Gasteiger partial charge in [0, 0.05) is 11.1 Å². The monoisotopic (exact) mass is 275 g/mol. The zero-order valence-corrected chi connectivity index (χ0v) is 12.6. The molecule has 102 valence electrons. The maximum Gasteiger partial charge on any atom is 0.116 e. The van der Waals surface area contributed by atoms with Crippen LogP contribution in [-0.4, -0.2) is 0 Å². The van der Waals surface area contributed by atoms with E-state index in [9.17, 15) is 0 Å². The van der Waals surface area contributed by atoms with E-state index in [0.29, 0.717) is 0 Å². The standard InChI is InChI=1S/C17H21N.ClH/c1-14-9-7-8-12-16(14)17(2,3)18-13-15-10-5-4-6-11-15;/h4-12,18H,13H2,1-3H3;1H. The lowest BCUT2D eigenvalue weighted by Gasteiger charge is -2.25. The molecular formula is C17H22ClN. The largest absolute Gasteiger partial charge is 1.00 e. The maximum absolute atomic E-state index is 2.41. The molecule has 0 saturated heterocycles. The Labute approximate surface area is 122 Å². The van der Waals surface area contributed by atoms with E-state index in [4.69, 9.17) is 0 Å². The topological polar surface area (TPSA) is 16.6 Å². The van der Waals surface area contributed by atoms with Crippen molar-refractivity contribution < 1.29 is 17.7 Å². The lowest BCUT2D eigenvalue weighted by Crippen LogP contribution is -3.00. The van der Waals surface area contributed by atoms with Crippen molar-refractivity contribution >= 4 is 0 Å². The lowest BCUT2D eigenvalue weighted by molar-refractivity contribution is -0.744. The van der Waals surface area contributed by atoms with Gasteiger partial charge < -0.3 is 17.7 Å². The summed E-state index contributed by atoms with van der Waals surface area (Å²) in [7, 11) is 0. The molecule has 0 aliphatic heterocycles. The highest BCUT2D eigenvalue weighted by molar-refractivity contribution is 5.29. The van der Waals surface area contributed by atoms with E-state index in [0.717, 1.165) is 6.54 Å². The Balaban J connectivity index is 0.00000180. The average molecular weight is 276 g/mol. The van der Waals surface area contributed by atoms with Gasteiger partial charge in [0.05, 0.1) is 0 Å². The summed E-state index contributed by atoms with van der Waals surface area (Å²) in [5, 5.41) is 2.41. The van der Waals surface area contributed by atoms with Crippen molar-refractivity contribution in [3.05, 3.63) is 71.3 Å². The van der Waals surface area contributed by atoms with Gasteiger partial charge in [-0.3, -0.25) is 0 Å². The Kier molecular flexibility index (Phi) is 5.59. The Hall–Kier alpha value is -1.31. The predicted molar refractivity (Wildman–Crippen MR) is 76.3 cm³/mol. The van der Waals surface area contributed by atoms with Crippen molar-refractivity contribution in [2.24, 2.45) is 0 Å². The normalized spacial score (nSPS) is 10.9. The van der Waals surface area contributed by atoms with Crippen LogP contribution < -0.4 is 17.7 Å². The summed E-state index contributed by atoms with van der Waals surface area (Å²) in [6.07, 6.45) is 0. The van der Waals surface area contributed by atoms with Gasteiger partial charge in [0.1, 0.15) is 12.1 Å². The zero-order valence-electron chi connectivity index (χ0n) is 11.9. The molecule has 2 heteroatoms. The molecule has 0 aliphatic rings. The van der Waals surface area contributed by atoms with Crippen molar-refractivity contribution in [1.29, 1.82) is 0 Å². The summed E-state index contributed by atoms with van der Waals surface area (Å²) < 4.78 is 0. The third-order valence-electron chi connectivity index (χ3n) is 3.53. The van der Waals surface area contributed by atoms with E-state index in [1.165, 1.54) is 16.7 Å². The third kappa shape index (κ3) is 4.09. The van der Waals surface area contributed by atoms with Gasteiger partial charge in [-0.1, -0.05) is 54.6 Å². The van der Waals surface area contributed by atoms with Crippen LogP contribution in [0.25, 0.3) is 0 Å². The summed E-state index contributed by atoms with van der Waals surface area (Å²) in [6.45, 7) is 7.78. The average Bonchev–Trinajstić information content (AvgIpc) is 2.38. The first-order valence-electron chi connectivity index (χ1n) is 6.54. The van der Waals surface area contributed by atoms with Gasteiger partial charge in [-0.25, -0.2) is 0 Å². The summed E-state index contributed by atoms with van der Waals surface area (Å²) in [5.74, 6) is 0. The number of hydrogen-bond acceptors (Lipinski definition) is 0. The number of hydrogen-bond donors (Lipinski definition) is 1. The molecule has 0 aliphatic carbocycles. The van der Waals surface area contributed by atoms with E-state index < -0.39 is 0 Å². The van der Waals surface area contributed by atoms with Crippen LogP contribution in [0.5, 0.6) is 0 Å². The van der Waals surface area contributed by atoms with E-state index >= 15 is 0 Å². The van der Waals surface area contributed by atoms with Gasteiger partial charge in [-0.15, -0.1) is 0 Å². The van der Waals surface area contributed by atoms with Crippen LogP contribution in [0.3, 0.4) is 0 Å². The van der Waals surface area contributed by atoms with Gasteiger partial charge in [0.2, 0.25) is 0 Å². The quantitative estimate of drug-likeness (QED) is 0.809. The number of nitrogens with two attached hydrogens (primary N) is 1. The SMILES string of the molecule is Cc1ccccc1C(C)(C)[NH2+]Cc1ccccc1.[Cl-]. The molecule has 2 rings (SSSR count). The Morgan fingerprint density at radius 2 is 1.47 bits per heavy atom. The molecule has 0 saturated carbocycles. The fraction of sp³-hybridized carbons (Fsp3) is 0.294. The minimum atomic E-state index is 0.